The zero-order valence-corrected chi connectivity index (χ0v) is 10.9. The van der Waals surface area contributed by atoms with Gasteiger partial charge in [-0.25, -0.2) is 0 Å². The van der Waals surface area contributed by atoms with Crippen molar-refractivity contribution in [3.8, 4) is 6.07 Å². The molecule has 1 aromatic carbocycles. The van der Waals surface area contributed by atoms with Gasteiger partial charge in [0.1, 0.15) is 0 Å². The highest BCUT2D eigenvalue weighted by Crippen LogP contribution is 2.32. The minimum Gasteiger partial charge on any atom is -0.481 e. The lowest BCUT2D eigenvalue weighted by molar-refractivity contribution is -0.136. The van der Waals surface area contributed by atoms with Gasteiger partial charge in [-0.1, -0.05) is 24.6 Å². The number of benzene rings is 1. The minimum absolute atomic E-state index is 0.0804. The molecule has 1 rings (SSSR count). The zero-order chi connectivity index (χ0) is 12.8. The fourth-order valence-electron chi connectivity index (χ4n) is 1.53. The molecule has 90 valence electrons. The Bertz CT molecular complexity index is 468. The van der Waals surface area contributed by atoms with E-state index in [1.54, 1.807) is 0 Å². The van der Waals surface area contributed by atoms with Crippen LogP contribution in [0.5, 0.6) is 0 Å². The summed E-state index contributed by atoms with van der Waals surface area (Å²) in [7, 11) is 0. The van der Waals surface area contributed by atoms with E-state index in [0.717, 1.165) is 16.9 Å². The molecule has 0 heterocycles. The highest BCUT2D eigenvalue weighted by molar-refractivity contribution is 7.99. The first-order chi connectivity index (χ1) is 8.10. The SMILES string of the molecule is CCc1ccc(SCC#N)c(Cl)c1CC(=O)O. The summed E-state index contributed by atoms with van der Waals surface area (Å²) in [4.78, 5) is 11.6. The monoisotopic (exact) mass is 269 g/mol. The van der Waals surface area contributed by atoms with E-state index in [4.69, 9.17) is 22.0 Å². The molecule has 0 radical (unpaired) electrons. The van der Waals surface area contributed by atoms with Crippen molar-refractivity contribution in [1.29, 1.82) is 5.26 Å². The van der Waals surface area contributed by atoms with Crippen LogP contribution in [0, 0.1) is 11.3 Å². The minimum atomic E-state index is -0.899. The molecule has 0 aliphatic carbocycles. The number of hydrogen-bond acceptors (Lipinski definition) is 3. The molecular weight excluding hydrogens is 258 g/mol. The number of nitriles is 1. The lowest BCUT2D eigenvalue weighted by atomic mass is 10.0. The molecule has 1 N–H and O–H groups in total. The Morgan fingerprint density at radius 3 is 2.82 bits per heavy atom. The second-order valence-electron chi connectivity index (χ2n) is 3.39. The van der Waals surface area contributed by atoms with E-state index in [2.05, 4.69) is 0 Å². The first kappa shape index (κ1) is 13.9. The van der Waals surface area contributed by atoms with Crippen LogP contribution in [-0.2, 0) is 17.6 Å². The van der Waals surface area contributed by atoms with Crippen LogP contribution in [0.25, 0.3) is 0 Å². The maximum atomic E-state index is 10.8. The Morgan fingerprint density at radius 1 is 1.59 bits per heavy atom. The quantitative estimate of drug-likeness (QED) is 0.834. The molecule has 0 aliphatic rings. The maximum absolute atomic E-state index is 10.8. The number of carbonyl (C=O) groups is 1. The smallest absolute Gasteiger partial charge is 0.307 e. The van der Waals surface area contributed by atoms with Gasteiger partial charge in [0.15, 0.2) is 0 Å². The topological polar surface area (TPSA) is 61.1 Å². The number of thioether (sulfide) groups is 1. The van der Waals surface area contributed by atoms with Gasteiger partial charge < -0.3 is 5.11 Å². The summed E-state index contributed by atoms with van der Waals surface area (Å²) in [5.41, 5.74) is 1.60. The van der Waals surface area contributed by atoms with Crippen LogP contribution in [0.15, 0.2) is 17.0 Å². The molecule has 0 saturated carbocycles. The lowest BCUT2D eigenvalue weighted by Crippen LogP contribution is -2.04. The predicted octanol–water partition coefficient (Wildman–Crippen LogP) is 3.15. The Hall–Kier alpha value is -1.18. The van der Waals surface area contributed by atoms with E-state index in [1.165, 1.54) is 11.8 Å². The number of halogens is 1. The van der Waals surface area contributed by atoms with Crippen molar-refractivity contribution in [2.24, 2.45) is 0 Å². The average Bonchev–Trinajstić information content (AvgIpc) is 2.30. The number of aryl methyl sites for hydroxylation is 1. The van der Waals surface area contributed by atoms with E-state index in [9.17, 15) is 4.79 Å². The Kier molecular flexibility index (Phi) is 5.33. The molecule has 0 spiro atoms. The fraction of sp³-hybridized carbons (Fsp3) is 0.333. The summed E-state index contributed by atoms with van der Waals surface area (Å²) in [6, 6.07) is 5.74. The molecule has 0 unspecified atom stereocenters. The second-order valence-corrected chi connectivity index (χ2v) is 4.78. The standard InChI is InChI=1S/C12H12ClNO2S/c1-2-8-3-4-10(17-6-5-14)12(13)9(8)7-11(15)16/h3-4H,2,6-7H2,1H3,(H,15,16). The number of carboxylic acid groups (broad SMARTS) is 1. The second kappa shape index (κ2) is 6.53. The zero-order valence-electron chi connectivity index (χ0n) is 9.36. The van der Waals surface area contributed by atoms with Gasteiger partial charge in [0, 0.05) is 4.90 Å². The summed E-state index contributed by atoms with van der Waals surface area (Å²) in [5.74, 6) is -0.596. The maximum Gasteiger partial charge on any atom is 0.307 e. The van der Waals surface area contributed by atoms with Crippen molar-refractivity contribution in [2.75, 3.05) is 5.75 Å². The van der Waals surface area contributed by atoms with E-state index in [-0.39, 0.29) is 6.42 Å². The molecule has 0 aromatic heterocycles. The van der Waals surface area contributed by atoms with Gasteiger partial charge >= 0.3 is 5.97 Å². The third-order valence-electron chi connectivity index (χ3n) is 2.31. The molecule has 5 heteroatoms. The largest absolute Gasteiger partial charge is 0.481 e. The molecule has 1 aromatic rings. The molecule has 0 atom stereocenters. The number of aliphatic carboxylic acids is 1. The molecule has 0 aliphatic heterocycles. The van der Waals surface area contributed by atoms with Gasteiger partial charge in [0.25, 0.3) is 0 Å². The fourth-order valence-corrected chi connectivity index (χ4v) is 2.58. The van der Waals surface area contributed by atoms with Crippen LogP contribution >= 0.6 is 23.4 Å². The van der Waals surface area contributed by atoms with Crippen LogP contribution in [-0.4, -0.2) is 16.8 Å². The van der Waals surface area contributed by atoms with Crippen molar-refractivity contribution in [1.82, 2.24) is 0 Å². The average molecular weight is 270 g/mol. The van der Waals surface area contributed by atoms with Crippen molar-refractivity contribution in [3.63, 3.8) is 0 Å². The summed E-state index contributed by atoms with van der Waals surface area (Å²) in [5, 5.41) is 17.9. The molecular formula is C12H12ClNO2S. The Balaban J connectivity index is 3.13. The van der Waals surface area contributed by atoms with Crippen LogP contribution < -0.4 is 0 Å². The van der Waals surface area contributed by atoms with E-state index in [1.807, 2.05) is 25.1 Å². The number of hydrogen-bond donors (Lipinski definition) is 1. The summed E-state index contributed by atoms with van der Waals surface area (Å²) in [6.07, 6.45) is 0.661. The normalized spacial score (nSPS) is 9.94. The molecule has 17 heavy (non-hydrogen) atoms. The van der Waals surface area contributed by atoms with E-state index < -0.39 is 5.97 Å². The third kappa shape index (κ3) is 3.65. The van der Waals surface area contributed by atoms with Crippen LogP contribution in [0.2, 0.25) is 5.02 Å². The van der Waals surface area contributed by atoms with Crippen molar-refractivity contribution in [3.05, 3.63) is 28.3 Å². The number of nitrogens with zero attached hydrogens (tertiary/aromatic N) is 1. The van der Waals surface area contributed by atoms with Gasteiger partial charge in [-0.05, 0) is 23.6 Å². The van der Waals surface area contributed by atoms with Gasteiger partial charge in [-0.3, -0.25) is 4.79 Å². The van der Waals surface area contributed by atoms with Gasteiger partial charge in [-0.2, -0.15) is 5.26 Å². The summed E-state index contributed by atoms with van der Waals surface area (Å²) in [6.45, 7) is 1.96. The van der Waals surface area contributed by atoms with Crippen molar-refractivity contribution < 1.29 is 9.90 Å². The molecule has 0 amide bonds. The summed E-state index contributed by atoms with van der Waals surface area (Å²) < 4.78 is 0. The third-order valence-corrected chi connectivity index (χ3v) is 3.77. The highest BCUT2D eigenvalue weighted by Gasteiger charge is 2.13. The van der Waals surface area contributed by atoms with E-state index >= 15 is 0 Å². The molecule has 0 bridgehead atoms. The van der Waals surface area contributed by atoms with Gasteiger partial charge in [0.2, 0.25) is 0 Å². The summed E-state index contributed by atoms with van der Waals surface area (Å²) >= 11 is 7.50. The van der Waals surface area contributed by atoms with E-state index in [0.29, 0.717) is 16.3 Å². The Labute approximate surface area is 109 Å². The first-order valence-electron chi connectivity index (χ1n) is 5.12. The predicted molar refractivity (Wildman–Crippen MR) is 68.5 cm³/mol. The molecule has 0 saturated heterocycles. The molecule has 3 nitrogen and oxygen atoms in total. The highest BCUT2D eigenvalue weighted by atomic mass is 35.5. The molecule has 0 fully saturated rings. The number of rotatable bonds is 5. The Morgan fingerprint density at radius 2 is 2.29 bits per heavy atom. The van der Waals surface area contributed by atoms with Gasteiger partial charge in [0.05, 0.1) is 23.3 Å². The van der Waals surface area contributed by atoms with Crippen LogP contribution in [0.1, 0.15) is 18.1 Å². The van der Waals surface area contributed by atoms with Crippen molar-refractivity contribution >= 4 is 29.3 Å². The number of carboxylic acids is 1. The van der Waals surface area contributed by atoms with Crippen LogP contribution in [0.4, 0.5) is 0 Å². The first-order valence-corrected chi connectivity index (χ1v) is 6.48. The van der Waals surface area contributed by atoms with Crippen LogP contribution in [0.3, 0.4) is 0 Å². The van der Waals surface area contributed by atoms with Crippen molar-refractivity contribution in [2.45, 2.75) is 24.7 Å². The van der Waals surface area contributed by atoms with Gasteiger partial charge in [-0.15, -0.1) is 11.8 Å². The lowest BCUT2D eigenvalue weighted by Gasteiger charge is -2.11.